The van der Waals surface area contributed by atoms with E-state index in [0.29, 0.717) is 17.3 Å². The van der Waals surface area contributed by atoms with Gasteiger partial charge in [0.2, 0.25) is 0 Å². The van der Waals surface area contributed by atoms with Crippen LogP contribution in [-0.4, -0.2) is 0 Å². The highest BCUT2D eigenvalue weighted by atomic mass is 14.6. The molecular weight excluding hydrogens is 230 g/mol. The van der Waals surface area contributed by atoms with Gasteiger partial charge in [-0.3, -0.25) is 0 Å². The van der Waals surface area contributed by atoms with E-state index in [1.54, 1.807) is 0 Å². The van der Waals surface area contributed by atoms with Gasteiger partial charge in [0.05, 0.1) is 11.5 Å². The molecule has 0 heterocycles. The smallest absolute Gasteiger partial charge is 0.0692 e. The lowest BCUT2D eigenvalue weighted by molar-refractivity contribution is 0.0213. The molecule has 0 radical (unpaired) electrons. The first-order chi connectivity index (χ1) is 8.60. The van der Waals surface area contributed by atoms with Crippen molar-refractivity contribution in [3.63, 3.8) is 0 Å². The third-order valence-electron chi connectivity index (χ3n) is 7.73. The highest BCUT2D eigenvalue weighted by Gasteiger charge is 2.59. The zero-order valence-electron chi connectivity index (χ0n) is 13.9. The quantitative estimate of drug-likeness (QED) is 0.582. The molecule has 19 heavy (non-hydrogen) atoms. The van der Waals surface area contributed by atoms with E-state index in [9.17, 15) is 5.26 Å². The number of hydrogen-bond donors (Lipinski definition) is 0. The van der Waals surface area contributed by atoms with Crippen molar-refractivity contribution in [3.05, 3.63) is 0 Å². The van der Waals surface area contributed by atoms with Crippen molar-refractivity contribution in [2.24, 2.45) is 39.9 Å². The van der Waals surface area contributed by atoms with Gasteiger partial charge in [0, 0.05) is 0 Å². The molecule has 6 unspecified atom stereocenters. The highest BCUT2D eigenvalue weighted by Crippen LogP contribution is 2.66. The van der Waals surface area contributed by atoms with Crippen LogP contribution in [0.1, 0.15) is 67.7 Å². The maximum atomic E-state index is 9.81. The zero-order valence-corrected chi connectivity index (χ0v) is 13.9. The lowest BCUT2D eigenvalue weighted by atomic mass is 9.57. The van der Waals surface area contributed by atoms with Gasteiger partial charge in [-0.05, 0) is 60.7 Å². The van der Waals surface area contributed by atoms with Gasteiger partial charge in [-0.25, -0.2) is 0 Å². The molecule has 2 saturated carbocycles. The normalized spacial score (nSPS) is 53.2. The number of nitriles is 1. The second-order valence-corrected chi connectivity index (χ2v) is 8.58. The van der Waals surface area contributed by atoms with E-state index in [2.05, 4.69) is 54.5 Å². The lowest BCUT2D eigenvalue weighted by Crippen LogP contribution is -2.41. The minimum atomic E-state index is -0.184. The number of hydrogen-bond acceptors (Lipinski definition) is 1. The molecule has 0 aliphatic heterocycles. The van der Waals surface area contributed by atoms with E-state index >= 15 is 0 Å². The summed E-state index contributed by atoms with van der Waals surface area (Å²) in [7, 11) is 0. The fourth-order valence-electron chi connectivity index (χ4n) is 5.56. The fraction of sp³-hybridized carbons (Fsp3) is 0.944. The average Bonchev–Trinajstić information content (AvgIpc) is 2.61. The molecule has 2 fully saturated rings. The van der Waals surface area contributed by atoms with Gasteiger partial charge in [0.25, 0.3) is 0 Å². The van der Waals surface area contributed by atoms with Gasteiger partial charge in [-0.1, -0.05) is 41.5 Å². The van der Waals surface area contributed by atoms with E-state index < -0.39 is 0 Å². The molecule has 0 saturated heterocycles. The van der Waals surface area contributed by atoms with Gasteiger partial charge < -0.3 is 0 Å². The van der Waals surface area contributed by atoms with Gasteiger partial charge in [0.1, 0.15) is 0 Å². The Balaban J connectivity index is 2.55. The maximum absolute atomic E-state index is 9.81. The van der Waals surface area contributed by atoms with Crippen LogP contribution in [0.25, 0.3) is 0 Å². The van der Waals surface area contributed by atoms with Crippen molar-refractivity contribution in [2.75, 3.05) is 0 Å². The molecule has 0 aromatic carbocycles. The van der Waals surface area contributed by atoms with Gasteiger partial charge in [-0.2, -0.15) is 5.26 Å². The fourth-order valence-corrected chi connectivity index (χ4v) is 5.56. The van der Waals surface area contributed by atoms with E-state index in [4.69, 9.17) is 0 Å². The summed E-state index contributed by atoms with van der Waals surface area (Å²) in [5, 5.41) is 9.81. The summed E-state index contributed by atoms with van der Waals surface area (Å²) in [6, 6.07) is 2.70. The van der Waals surface area contributed by atoms with Crippen LogP contribution in [0.3, 0.4) is 0 Å². The van der Waals surface area contributed by atoms with Gasteiger partial charge in [-0.15, -0.1) is 0 Å². The third-order valence-corrected chi connectivity index (χ3v) is 7.73. The molecular formula is C18H31N. The summed E-state index contributed by atoms with van der Waals surface area (Å²) < 4.78 is 0. The summed E-state index contributed by atoms with van der Waals surface area (Å²) in [5.41, 5.74) is 0.497. The van der Waals surface area contributed by atoms with Crippen LogP contribution in [0.15, 0.2) is 0 Å². The Morgan fingerprint density at radius 3 is 2.05 bits per heavy atom. The molecule has 6 atom stereocenters. The van der Waals surface area contributed by atoms with Gasteiger partial charge >= 0.3 is 0 Å². The number of fused-ring (bicyclic) bond motifs is 1. The first-order valence-corrected chi connectivity index (χ1v) is 8.02. The Kier molecular flexibility index (Phi) is 3.32. The third kappa shape index (κ3) is 1.78. The zero-order chi connectivity index (χ0) is 14.6. The molecule has 0 spiro atoms. The van der Waals surface area contributed by atoms with Crippen LogP contribution >= 0.6 is 0 Å². The Hall–Kier alpha value is -0.510. The van der Waals surface area contributed by atoms with E-state index in [0.717, 1.165) is 11.8 Å². The van der Waals surface area contributed by atoms with Crippen LogP contribution in [0, 0.1) is 51.2 Å². The molecule has 0 N–H and O–H groups in total. The predicted molar refractivity (Wildman–Crippen MR) is 80.4 cm³/mol. The Morgan fingerprint density at radius 1 is 0.947 bits per heavy atom. The summed E-state index contributed by atoms with van der Waals surface area (Å²) in [6.45, 7) is 16.6. The van der Waals surface area contributed by atoms with E-state index in [-0.39, 0.29) is 10.8 Å². The number of nitrogens with zero attached hydrogens (tertiary/aromatic N) is 1. The topological polar surface area (TPSA) is 23.8 Å². The molecule has 2 rings (SSSR count). The minimum Gasteiger partial charge on any atom is -0.198 e. The Bertz CT molecular complexity index is 404. The second kappa shape index (κ2) is 4.24. The molecule has 0 amide bonds. The van der Waals surface area contributed by atoms with Crippen LogP contribution < -0.4 is 0 Å². The van der Waals surface area contributed by atoms with Crippen LogP contribution in [-0.2, 0) is 0 Å². The summed E-state index contributed by atoms with van der Waals surface area (Å²) in [6.07, 6.45) is 3.94. The molecule has 2 aliphatic rings. The molecule has 0 bridgehead atoms. The van der Waals surface area contributed by atoms with Crippen LogP contribution in [0.5, 0.6) is 0 Å². The first-order valence-electron chi connectivity index (χ1n) is 8.02. The molecule has 0 aromatic heterocycles. The van der Waals surface area contributed by atoms with Crippen molar-refractivity contribution in [1.82, 2.24) is 0 Å². The first kappa shape index (κ1) is 14.9. The van der Waals surface area contributed by atoms with Crippen molar-refractivity contribution in [2.45, 2.75) is 67.7 Å². The molecule has 1 heteroatoms. The summed E-state index contributed by atoms with van der Waals surface area (Å²) in [4.78, 5) is 0. The van der Waals surface area contributed by atoms with Crippen LogP contribution in [0.2, 0.25) is 0 Å². The lowest BCUT2D eigenvalue weighted by Gasteiger charge is -2.46. The minimum absolute atomic E-state index is 0.184. The standard InChI is InChI=1S/C18H31N/c1-12-8-9-15-16(4,5)14(3)18(7,11-19)13(2)10-17(12,15)6/h12-15H,8-10H2,1-7H3. The number of rotatable bonds is 0. The molecule has 2 aliphatic carbocycles. The van der Waals surface area contributed by atoms with Crippen LogP contribution in [0.4, 0.5) is 0 Å². The van der Waals surface area contributed by atoms with E-state index in [1.807, 2.05) is 0 Å². The average molecular weight is 261 g/mol. The summed E-state index contributed by atoms with van der Waals surface area (Å²) in [5.74, 6) is 2.51. The second-order valence-electron chi connectivity index (χ2n) is 8.58. The van der Waals surface area contributed by atoms with Crippen molar-refractivity contribution in [3.8, 4) is 6.07 Å². The van der Waals surface area contributed by atoms with Crippen molar-refractivity contribution in [1.29, 1.82) is 5.26 Å². The molecule has 1 nitrogen and oxygen atoms in total. The van der Waals surface area contributed by atoms with E-state index in [1.165, 1.54) is 19.3 Å². The Labute approximate surface area is 119 Å². The highest BCUT2D eigenvalue weighted by molar-refractivity contribution is 5.13. The maximum Gasteiger partial charge on any atom is 0.0692 e. The van der Waals surface area contributed by atoms with Gasteiger partial charge in [0.15, 0.2) is 0 Å². The van der Waals surface area contributed by atoms with Crippen molar-refractivity contribution < 1.29 is 0 Å². The Morgan fingerprint density at radius 2 is 1.53 bits per heavy atom. The molecule has 108 valence electrons. The predicted octanol–water partition coefficient (Wildman–Crippen LogP) is 5.27. The van der Waals surface area contributed by atoms with Crippen molar-refractivity contribution >= 4 is 0 Å². The SMILES string of the molecule is CC1CC2(C)C(C)CCC2C(C)(C)C(C)C1(C)C#N. The monoisotopic (exact) mass is 261 g/mol. The molecule has 0 aromatic rings. The largest absolute Gasteiger partial charge is 0.198 e. The summed E-state index contributed by atoms with van der Waals surface area (Å²) >= 11 is 0.